The number of amides is 1. The second kappa shape index (κ2) is 7.54. The lowest BCUT2D eigenvalue weighted by atomic mass is 10.0. The first kappa shape index (κ1) is 18.9. The van der Waals surface area contributed by atoms with Crippen LogP contribution in [0.2, 0.25) is 0 Å². The Bertz CT molecular complexity index is 1000. The van der Waals surface area contributed by atoms with Crippen LogP contribution in [0.25, 0.3) is 11.1 Å². The van der Waals surface area contributed by atoms with Crippen molar-refractivity contribution in [3.63, 3.8) is 0 Å². The fourth-order valence-corrected chi connectivity index (χ4v) is 3.38. The van der Waals surface area contributed by atoms with E-state index in [0.717, 1.165) is 5.56 Å². The number of carbonyl (C=O) groups is 1. The average Bonchev–Trinajstić information content (AvgIpc) is 3.01. The van der Waals surface area contributed by atoms with Gasteiger partial charge in [-0.2, -0.15) is 4.98 Å². The van der Waals surface area contributed by atoms with Gasteiger partial charge in [0.2, 0.25) is 5.95 Å². The van der Waals surface area contributed by atoms with Crippen LogP contribution in [0.15, 0.2) is 66.9 Å². The summed E-state index contributed by atoms with van der Waals surface area (Å²) in [5.41, 5.74) is 2.97. The summed E-state index contributed by atoms with van der Waals surface area (Å²) in [7, 11) is 0. The lowest BCUT2D eigenvalue weighted by Gasteiger charge is -2.17. The molecule has 2 heterocycles. The number of anilines is 2. The molecule has 3 aromatic rings. The van der Waals surface area contributed by atoms with Crippen molar-refractivity contribution in [3.05, 3.63) is 72.4 Å². The minimum Gasteiger partial charge on any atom is -0.441 e. The summed E-state index contributed by atoms with van der Waals surface area (Å²) in [6.07, 6.45) is 1.26. The van der Waals surface area contributed by atoms with Crippen LogP contribution in [0.1, 0.15) is 32.4 Å². The Balaban J connectivity index is 1.47. The Labute approximate surface area is 170 Å². The Hall–Kier alpha value is -3.41. The van der Waals surface area contributed by atoms with Crippen LogP contribution in [0.5, 0.6) is 0 Å². The zero-order valence-electron chi connectivity index (χ0n) is 16.8. The predicted octanol–water partition coefficient (Wildman–Crippen LogP) is 5.05. The van der Waals surface area contributed by atoms with Gasteiger partial charge in [0.25, 0.3) is 0 Å². The van der Waals surface area contributed by atoms with E-state index in [2.05, 4.69) is 58.6 Å². The molecule has 29 heavy (non-hydrogen) atoms. The lowest BCUT2D eigenvalue weighted by Crippen LogP contribution is -2.29. The van der Waals surface area contributed by atoms with Gasteiger partial charge >= 0.3 is 6.09 Å². The molecular weight excluding hydrogens is 364 g/mol. The Morgan fingerprint density at radius 3 is 2.38 bits per heavy atom. The van der Waals surface area contributed by atoms with Gasteiger partial charge in [0.15, 0.2) is 0 Å². The van der Waals surface area contributed by atoms with Gasteiger partial charge in [-0.15, -0.1) is 0 Å². The van der Waals surface area contributed by atoms with E-state index in [9.17, 15) is 4.79 Å². The average molecular weight is 388 g/mol. The molecule has 6 nitrogen and oxygen atoms in total. The van der Waals surface area contributed by atoms with Gasteiger partial charge in [-0.05, 0) is 43.5 Å². The number of carbonyl (C=O) groups excluding carboxylic acids is 1. The van der Waals surface area contributed by atoms with Crippen molar-refractivity contribution in [3.8, 4) is 11.1 Å². The number of aromatic nitrogens is 2. The van der Waals surface area contributed by atoms with E-state index >= 15 is 0 Å². The molecule has 0 radical (unpaired) electrons. The highest BCUT2D eigenvalue weighted by atomic mass is 16.6. The Kier molecular flexibility index (Phi) is 4.92. The quantitative estimate of drug-likeness (QED) is 0.662. The highest BCUT2D eigenvalue weighted by molar-refractivity contribution is 5.89. The molecule has 1 amide bonds. The van der Waals surface area contributed by atoms with Gasteiger partial charge in [-0.3, -0.25) is 4.90 Å². The summed E-state index contributed by atoms with van der Waals surface area (Å²) in [6.45, 7) is 6.28. The fraction of sp³-hybridized carbons (Fsp3) is 0.261. The summed E-state index contributed by atoms with van der Waals surface area (Å²) in [4.78, 5) is 22.5. The van der Waals surface area contributed by atoms with E-state index in [4.69, 9.17) is 4.74 Å². The summed E-state index contributed by atoms with van der Waals surface area (Å²) in [6, 6.07) is 20.4. The van der Waals surface area contributed by atoms with E-state index in [1.54, 1.807) is 12.3 Å². The van der Waals surface area contributed by atoms with Crippen molar-refractivity contribution < 1.29 is 9.53 Å². The van der Waals surface area contributed by atoms with Crippen molar-refractivity contribution >= 4 is 17.9 Å². The maximum atomic E-state index is 12.1. The van der Waals surface area contributed by atoms with Gasteiger partial charge < -0.3 is 10.1 Å². The van der Waals surface area contributed by atoms with Crippen molar-refractivity contribution in [1.29, 1.82) is 0 Å². The van der Waals surface area contributed by atoms with E-state index in [1.165, 1.54) is 16.0 Å². The zero-order chi connectivity index (χ0) is 20.4. The largest absolute Gasteiger partial charge is 0.441 e. The van der Waals surface area contributed by atoms with Crippen molar-refractivity contribution in [2.24, 2.45) is 0 Å². The first-order chi connectivity index (χ1) is 13.9. The Morgan fingerprint density at radius 2 is 1.72 bits per heavy atom. The van der Waals surface area contributed by atoms with Crippen molar-refractivity contribution in [2.45, 2.75) is 32.4 Å². The molecule has 148 valence electrons. The van der Waals surface area contributed by atoms with Crippen molar-refractivity contribution in [1.82, 2.24) is 9.97 Å². The molecule has 1 aliphatic heterocycles. The van der Waals surface area contributed by atoms with Crippen LogP contribution < -0.4 is 10.2 Å². The molecule has 6 heteroatoms. The summed E-state index contributed by atoms with van der Waals surface area (Å²) in [5.74, 6) is 1.00. The molecule has 0 aliphatic carbocycles. The third-order valence-corrected chi connectivity index (χ3v) is 4.90. The molecule has 1 aromatic heterocycles. The lowest BCUT2D eigenvalue weighted by molar-refractivity contribution is 0.0871. The summed E-state index contributed by atoms with van der Waals surface area (Å²) >= 11 is 0. The van der Waals surface area contributed by atoms with Gasteiger partial charge in [-0.25, -0.2) is 9.78 Å². The first-order valence-corrected chi connectivity index (χ1v) is 9.67. The second-order valence-electron chi connectivity index (χ2n) is 7.81. The van der Waals surface area contributed by atoms with Crippen LogP contribution in [-0.2, 0) is 4.74 Å². The number of benzene rings is 2. The van der Waals surface area contributed by atoms with Crippen LogP contribution in [0.4, 0.5) is 16.6 Å². The number of nitrogens with zero attached hydrogens (tertiary/aromatic N) is 3. The molecule has 2 aromatic carbocycles. The van der Waals surface area contributed by atoms with E-state index < -0.39 is 5.60 Å². The molecule has 0 spiro atoms. The minimum atomic E-state index is -0.524. The van der Waals surface area contributed by atoms with Crippen LogP contribution in [-0.4, -0.2) is 28.2 Å². The fourth-order valence-electron chi connectivity index (χ4n) is 3.38. The predicted molar refractivity (Wildman–Crippen MR) is 114 cm³/mol. The molecule has 4 rings (SSSR count). The Morgan fingerprint density at radius 1 is 1.03 bits per heavy atom. The smallest absolute Gasteiger partial charge is 0.416 e. The molecular formula is C23H24N4O2. The third kappa shape index (κ3) is 4.21. The molecule has 1 atom stereocenters. The number of hydrogen-bond acceptors (Lipinski definition) is 5. The van der Waals surface area contributed by atoms with E-state index in [-0.39, 0.29) is 12.1 Å². The number of cyclic esters (lactones) is 1. The topological polar surface area (TPSA) is 67.3 Å². The first-order valence-electron chi connectivity index (χ1n) is 9.67. The SMILES string of the molecule is CC(Nc1nccc(N2CC(C)(C)OC2=O)n1)c1ccc(-c2ccccc2)cc1. The van der Waals surface area contributed by atoms with Crippen LogP contribution in [0.3, 0.4) is 0 Å². The highest BCUT2D eigenvalue weighted by Crippen LogP contribution is 2.27. The molecule has 1 fully saturated rings. The number of nitrogens with one attached hydrogen (secondary N) is 1. The van der Waals surface area contributed by atoms with Gasteiger partial charge in [-0.1, -0.05) is 54.6 Å². The van der Waals surface area contributed by atoms with Crippen LogP contribution >= 0.6 is 0 Å². The highest BCUT2D eigenvalue weighted by Gasteiger charge is 2.39. The second-order valence-corrected chi connectivity index (χ2v) is 7.81. The molecule has 1 N–H and O–H groups in total. The number of ether oxygens (including phenoxy) is 1. The standard InChI is InChI=1S/C23H24N4O2/c1-16(17-9-11-19(12-10-17)18-7-5-4-6-8-18)25-21-24-14-13-20(26-21)27-15-23(2,3)29-22(27)28/h4-14,16H,15H2,1-3H3,(H,24,25,26). The third-order valence-electron chi connectivity index (χ3n) is 4.90. The molecule has 1 aliphatic rings. The van der Waals surface area contributed by atoms with Crippen molar-refractivity contribution in [2.75, 3.05) is 16.8 Å². The summed E-state index contributed by atoms with van der Waals surface area (Å²) < 4.78 is 5.36. The zero-order valence-corrected chi connectivity index (χ0v) is 16.8. The minimum absolute atomic E-state index is 0.0112. The normalized spacial score (nSPS) is 16.4. The monoisotopic (exact) mass is 388 g/mol. The van der Waals surface area contributed by atoms with Gasteiger partial charge in [0.1, 0.15) is 11.4 Å². The summed E-state index contributed by atoms with van der Waals surface area (Å²) in [5, 5.41) is 3.32. The van der Waals surface area contributed by atoms with Crippen LogP contribution in [0, 0.1) is 0 Å². The van der Waals surface area contributed by atoms with Gasteiger partial charge in [0, 0.05) is 6.20 Å². The number of rotatable bonds is 5. The van der Waals surface area contributed by atoms with Gasteiger partial charge in [0.05, 0.1) is 12.6 Å². The number of hydrogen-bond donors (Lipinski definition) is 1. The van der Waals surface area contributed by atoms with E-state index in [1.807, 2.05) is 32.0 Å². The van der Waals surface area contributed by atoms with E-state index in [0.29, 0.717) is 18.3 Å². The molecule has 0 bridgehead atoms. The maximum absolute atomic E-state index is 12.1. The maximum Gasteiger partial charge on any atom is 0.416 e. The molecule has 0 saturated carbocycles. The molecule has 1 unspecified atom stereocenters. The molecule has 1 saturated heterocycles.